The van der Waals surface area contributed by atoms with E-state index < -0.39 is 17.9 Å². The van der Waals surface area contributed by atoms with Gasteiger partial charge >= 0.3 is 5.97 Å². The molecular weight excluding hydrogens is 382 g/mol. The van der Waals surface area contributed by atoms with E-state index >= 15 is 0 Å². The highest BCUT2D eigenvalue weighted by Crippen LogP contribution is 2.15. The van der Waals surface area contributed by atoms with E-state index in [0.717, 1.165) is 4.47 Å². The molecule has 0 saturated carbocycles. The largest absolute Gasteiger partial charge is 0.480 e. The molecule has 6 nitrogen and oxygen atoms in total. The second-order valence-electron chi connectivity index (χ2n) is 4.47. The summed E-state index contributed by atoms with van der Waals surface area (Å²) in [7, 11) is 0. The summed E-state index contributed by atoms with van der Waals surface area (Å²) in [6.07, 6.45) is 3.40. The number of carboxylic acids is 1. The van der Waals surface area contributed by atoms with Crippen molar-refractivity contribution in [1.29, 1.82) is 5.26 Å². The van der Waals surface area contributed by atoms with Crippen molar-refractivity contribution in [3.05, 3.63) is 40.5 Å². The molecule has 122 valence electrons. The number of nitrogens with one attached hydrogen (secondary N) is 2. The third-order valence-corrected chi connectivity index (χ3v) is 3.92. The molecule has 23 heavy (non-hydrogen) atoms. The second-order valence-corrected chi connectivity index (χ2v) is 6.37. The van der Waals surface area contributed by atoms with Crippen molar-refractivity contribution < 1.29 is 14.7 Å². The molecule has 0 heterocycles. The Bertz CT molecular complexity index is 643. The van der Waals surface area contributed by atoms with E-state index in [0.29, 0.717) is 17.9 Å². The zero-order valence-corrected chi connectivity index (χ0v) is 14.8. The van der Waals surface area contributed by atoms with Gasteiger partial charge in [-0.1, -0.05) is 22.0 Å². The van der Waals surface area contributed by atoms with Crippen LogP contribution in [0.3, 0.4) is 0 Å². The highest BCUT2D eigenvalue weighted by atomic mass is 79.9. The topological polar surface area (TPSA) is 102 Å². The van der Waals surface area contributed by atoms with Crippen LogP contribution in [-0.4, -0.2) is 35.0 Å². The number of carbonyl (C=O) groups is 2. The van der Waals surface area contributed by atoms with Crippen molar-refractivity contribution in [3.8, 4) is 6.07 Å². The van der Waals surface area contributed by atoms with Crippen molar-refractivity contribution >= 4 is 45.3 Å². The number of aliphatic carboxylic acids is 1. The standard InChI is InChI=1S/C15H16BrN3O3S/c1-23-6-5-13(15(21)22)19-14(20)10(8-17)9-18-12-4-2-3-11(16)7-12/h2-4,7,9,13,18H,5-6H2,1H3,(H,19,20)(H,21,22)/b10-9-. The number of carbonyl (C=O) groups excluding carboxylic acids is 1. The van der Waals surface area contributed by atoms with Crippen LogP contribution >= 0.6 is 27.7 Å². The van der Waals surface area contributed by atoms with E-state index in [-0.39, 0.29) is 5.57 Å². The number of nitrogens with zero attached hydrogens (tertiary/aromatic N) is 1. The van der Waals surface area contributed by atoms with Crippen LogP contribution in [-0.2, 0) is 9.59 Å². The molecule has 0 bridgehead atoms. The van der Waals surface area contributed by atoms with E-state index in [9.17, 15) is 9.59 Å². The first kappa shape index (κ1) is 19.1. The summed E-state index contributed by atoms with van der Waals surface area (Å²) in [6.45, 7) is 0. The Balaban J connectivity index is 2.75. The average molecular weight is 398 g/mol. The third kappa shape index (κ3) is 6.76. The summed E-state index contributed by atoms with van der Waals surface area (Å²) in [4.78, 5) is 23.1. The first-order valence-corrected chi connectivity index (χ1v) is 8.81. The zero-order chi connectivity index (χ0) is 17.2. The van der Waals surface area contributed by atoms with Crippen LogP contribution < -0.4 is 10.6 Å². The fraction of sp³-hybridized carbons (Fsp3) is 0.267. The minimum atomic E-state index is -1.12. The van der Waals surface area contributed by atoms with Gasteiger partial charge in [-0.15, -0.1) is 0 Å². The zero-order valence-electron chi connectivity index (χ0n) is 12.4. The molecule has 1 aromatic carbocycles. The lowest BCUT2D eigenvalue weighted by atomic mass is 10.2. The monoisotopic (exact) mass is 397 g/mol. The number of nitriles is 1. The molecule has 0 fully saturated rings. The van der Waals surface area contributed by atoms with Crippen molar-refractivity contribution in [2.24, 2.45) is 0 Å². The maximum atomic E-state index is 12.0. The summed E-state index contributed by atoms with van der Waals surface area (Å²) in [6, 6.07) is 7.94. The molecule has 0 aliphatic carbocycles. The Hall–Kier alpha value is -1.98. The molecule has 0 spiro atoms. The summed E-state index contributed by atoms with van der Waals surface area (Å²) in [5.74, 6) is -1.24. The van der Waals surface area contributed by atoms with Gasteiger partial charge in [0.05, 0.1) is 0 Å². The molecular formula is C15H16BrN3O3S. The lowest BCUT2D eigenvalue weighted by molar-refractivity contribution is -0.141. The minimum absolute atomic E-state index is 0.194. The van der Waals surface area contributed by atoms with Gasteiger partial charge in [-0.2, -0.15) is 17.0 Å². The predicted molar refractivity (Wildman–Crippen MR) is 94.0 cm³/mol. The van der Waals surface area contributed by atoms with Crippen LogP contribution in [0.15, 0.2) is 40.5 Å². The average Bonchev–Trinajstić information content (AvgIpc) is 2.51. The van der Waals surface area contributed by atoms with Crippen molar-refractivity contribution in [1.82, 2.24) is 5.32 Å². The van der Waals surface area contributed by atoms with Crippen LogP contribution in [0.1, 0.15) is 6.42 Å². The molecule has 8 heteroatoms. The maximum Gasteiger partial charge on any atom is 0.326 e. The Morgan fingerprint density at radius 1 is 1.52 bits per heavy atom. The first-order chi connectivity index (χ1) is 11.0. The van der Waals surface area contributed by atoms with Crippen molar-refractivity contribution in [3.63, 3.8) is 0 Å². The molecule has 1 atom stereocenters. The molecule has 1 amide bonds. The molecule has 0 radical (unpaired) electrons. The van der Waals surface area contributed by atoms with Gasteiger partial charge in [0.25, 0.3) is 5.91 Å². The fourth-order valence-corrected chi connectivity index (χ4v) is 2.48. The molecule has 1 unspecified atom stereocenters. The second kappa shape index (κ2) is 9.92. The van der Waals surface area contributed by atoms with E-state index in [1.165, 1.54) is 18.0 Å². The van der Waals surface area contributed by atoms with Crippen LogP contribution in [0.25, 0.3) is 0 Å². The number of thioether (sulfide) groups is 1. The Morgan fingerprint density at radius 2 is 2.26 bits per heavy atom. The molecule has 0 aromatic heterocycles. The third-order valence-electron chi connectivity index (χ3n) is 2.79. The molecule has 3 N–H and O–H groups in total. The van der Waals surface area contributed by atoms with Crippen LogP contribution in [0.5, 0.6) is 0 Å². The predicted octanol–water partition coefficient (Wildman–Crippen LogP) is 2.59. The van der Waals surface area contributed by atoms with Crippen LogP contribution in [0.4, 0.5) is 5.69 Å². The van der Waals surface area contributed by atoms with E-state index in [1.807, 2.05) is 12.3 Å². The van der Waals surface area contributed by atoms with Crippen LogP contribution in [0, 0.1) is 11.3 Å². The van der Waals surface area contributed by atoms with Gasteiger partial charge in [-0.3, -0.25) is 4.79 Å². The van der Waals surface area contributed by atoms with E-state index in [2.05, 4.69) is 26.6 Å². The van der Waals surface area contributed by atoms with Gasteiger partial charge in [0.1, 0.15) is 17.7 Å². The number of halogens is 1. The first-order valence-electron chi connectivity index (χ1n) is 6.63. The van der Waals surface area contributed by atoms with Gasteiger partial charge in [-0.05, 0) is 36.6 Å². The van der Waals surface area contributed by atoms with Crippen LogP contribution in [0.2, 0.25) is 0 Å². The van der Waals surface area contributed by atoms with Gasteiger partial charge in [0, 0.05) is 16.4 Å². The highest BCUT2D eigenvalue weighted by Gasteiger charge is 2.21. The number of carboxylic acid groups (broad SMARTS) is 1. The summed E-state index contributed by atoms with van der Waals surface area (Å²) < 4.78 is 0.849. The highest BCUT2D eigenvalue weighted by molar-refractivity contribution is 9.10. The smallest absolute Gasteiger partial charge is 0.326 e. The lowest BCUT2D eigenvalue weighted by Crippen LogP contribution is -2.41. The number of rotatable bonds is 8. The maximum absolute atomic E-state index is 12.0. The summed E-state index contributed by atoms with van der Waals surface area (Å²) >= 11 is 4.80. The molecule has 1 aromatic rings. The number of hydrogen-bond acceptors (Lipinski definition) is 5. The Morgan fingerprint density at radius 3 is 2.83 bits per heavy atom. The summed E-state index contributed by atoms with van der Waals surface area (Å²) in [5.41, 5.74) is 0.498. The normalized spacial score (nSPS) is 12.1. The molecule has 1 rings (SSSR count). The summed E-state index contributed by atoms with van der Waals surface area (Å²) in [5, 5.41) is 23.4. The number of benzene rings is 1. The quantitative estimate of drug-likeness (QED) is 0.460. The molecule has 0 aliphatic heterocycles. The van der Waals surface area contributed by atoms with Crippen molar-refractivity contribution in [2.75, 3.05) is 17.3 Å². The molecule has 0 saturated heterocycles. The number of anilines is 1. The fourth-order valence-electron chi connectivity index (χ4n) is 1.61. The van der Waals surface area contributed by atoms with E-state index in [1.54, 1.807) is 24.3 Å². The SMILES string of the molecule is CSCCC(NC(=O)/C(C#N)=C\Nc1cccc(Br)c1)C(=O)O. The Kier molecular flexibility index (Phi) is 8.22. The van der Waals surface area contributed by atoms with Gasteiger partial charge in [-0.25, -0.2) is 4.79 Å². The number of amides is 1. The van der Waals surface area contributed by atoms with Gasteiger partial charge in [0.2, 0.25) is 0 Å². The van der Waals surface area contributed by atoms with Gasteiger partial charge in [0.15, 0.2) is 0 Å². The van der Waals surface area contributed by atoms with Gasteiger partial charge < -0.3 is 15.7 Å². The molecule has 0 aliphatic rings. The van der Waals surface area contributed by atoms with E-state index in [4.69, 9.17) is 10.4 Å². The number of hydrogen-bond donors (Lipinski definition) is 3. The lowest BCUT2D eigenvalue weighted by Gasteiger charge is -2.13. The Labute approximate surface area is 147 Å². The van der Waals surface area contributed by atoms with Crippen molar-refractivity contribution in [2.45, 2.75) is 12.5 Å². The minimum Gasteiger partial charge on any atom is -0.480 e.